The molecule has 1 rings (SSSR count). The lowest BCUT2D eigenvalue weighted by atomic mass is 9.92. The van der Waals surface area contributed by atoms with Crippen LogP contribution in [0.15, 0.2) is 0 Å². The Hall–Kier alpha value is -0.810. The van der Waals surface area contributed by atoms with E-state index in [1.54, 1.807) is 4.90 Å². The number of nitrogens with zero attached hydrogens (tertiary/aromatic N) is 1. The van der Waals surface area contributed by atoms with Crippen LogP contribution >= 0.6 is 12.4 Å². The van der Waals surface area contributed by atoms with Gasteiger partial charge in [-0.05, 0) is 18.3 Å². The van der Waals surface area contributed by atoms with Crippen LogP contribution in [-0.2, 0) is 9.59 Å². The van der Waals surface area contributed by atoms with E-state index in [0.717, 1.165) is 12.8 Å². The van der Waals surface area contributed by atoms with Gasteiger partial charge < -0.3 is 16.0 Å². The van der Waals surface area contributed by atoms with Crippen LogP contribution in [0, 0.1) is 5.41 Å². The molecule has 1 aliphatic heterocycles. The van der Waals surface area contributed by atoms with Crippen molar-refractivity contribution in [3.8, 4) is 0 Å². The van der Waals surface area contributed by atoms with E-state index in [1.807, 2.05) is 20.8 Å². The Morgan fingerprint density at radius 2 is 1.79 bits per heavy atom. The van der Waals surface area contributed by atoms with Gasteiger partial charge in [0.05, 0.1) is 6.54 Å². The predicted molar refractivity (Wildman–Crippen MR) is 78.1 cm³/mol. The minimum Gasteiger partial charge on any atom is -0.347 e. The molecule has 0 aromatic carbocycles. The van der Waals surface area contributed by atoms with Crippen molar-refractivity contribution in [1.82, 2.24) is 10.2 Å². The first-order valence-electron chi connectivity index (χ1n) is 6.58. The second-order valence-corrected chi connectivity index (χ2v) is 6.23. The first kappa shape index (κ1) is 18.2. The van der Waals surface area contributed by atoms with Gasteiger partial charge in [0.2, 0.25) is 11.8 Å². The fraction of sp³-hybridized carbons (Fsp3) is 0.846. The number of nitrogens with one attached hydrogen (secondary N) is 1. The Morgan fingerprint density at radius 1 is 1.26 bits per heavy atom. The Labute approximate surface area is 121 Å². The van der Waals surface area contributed by atoms with E-state index in [-0.39, 0.29) is 42.2 Å². The third-order valence-electron chi connectivity index (χ3n) is 3.02. The van der Waals surface area contributed by atoms with Gasteiger partial charge in [-0.3, -0.25) is 9.59 Å². The second-order valence-electron chi connectivity index (χ2n) is 6.23. The number of likely N-dealkylation sites (tertiary alicyclic amines) is 1. The Morgan fingerprint density at radius 3 is 2.26 bits per heavy atom. The summed E-state index contributed by atoms with van der Waals surface area (Å²) in [5, 5.41) is 2.69. The molecule has 0 saturated carbocycles. The van der Waals surface area contributed by atoms with Crippen molar-refractivity contribution in [2.75, 3.05) is 19.6 Å². The number of carbonyl (C=O) groups excluding carboxylic acids is 2. The average molecular weight is 292 g/mol. The number of halogens is 1. The highest BCUT2D eigenvalue weighted by atomic mass is 35.5. The molecule has 0 atom stereocenters. The van der Waals surface area contributed by atoms with Crippen LogP contribution in [0.3, 0.4) is 0 Å². The van der Waals surface area contributed by atoms with Gasteiger partial charge in [-0.2, -0.15) is 0 Å². The largest absolute Gasteiger partial charge is 0.347 e. The molecule has 0 bridgehead atoms. The summed E-state index contributed by atoms with van der Waals surface area (Å²) in [4.78, 5) is 25.2. The van der Waals surface area contributed by atoms with Crippen molar-refractivity contribution in [1.29, 1.82) is 0 Å². The molecule has 0 radical (unpaired) electrons. The first-order valence-corrected chi connectivity index (χ1v) is 6.58. The molecule has 1 heterocycles. The van der Waals surface area contributed by atoms with Crippen LogP contribution in [0.1, 0.15) is 40.0 Å². The quantitative estimate of drug-likeness (QED) is 0.811. The van der Waals surface area contributed by atoms with Gasteiger partial charge in [-0.15, -0.1) is 12.4 Å². The van der Waals surface area contributed by atoms with E-state index in [2.05, 4.69) is 5.32 Å². The molecule has 0 aliphatic carbocycles. The minimum atomic E-state index is -0.0652. The third-order valence-corrected chi connectivity index (χ3v) is 3.02. The molecule has 112 valence electrons. The monoisotopic (exact) mass is 291 g/mol. The molecule has 0 aromatic rings. The molecule has 2 amide bonds. The summed E-state index contributed by atoms with van der Waals surface area (Å²) in [5.74, 6) is -0.0753. The maximum absolute atomic E-state index is 11.8. The van der Waals surface area contributed by atoms with Crippen LogP contribution in [-0.4, -0.2) is 42.4 Å². The summed E-state index contributed by atoms with van der Waals surface area (Å²) in [6.45, 7) is 7.51. The van der Waals surface area contributed by atoms with Crippen molar-refractivity contribution >= 4 is 24.2 Å². The molecule has 3 N–H and O–H groups in total. The fourth-order valence-corrected chi connectivity index (χ4v) is 1.98. The van der Waals surface area contributed by atoms with Crippen molar-refractivity contribution in [3.05, 3.63) is 0 Å². The van der Waals surface area contributed by atoms with Gasteiger partial charge in [0, 0.05) is 25.6 Å². The van der Waals surface area contributed by atoms with E-state index in [0.29, 0.717) is 19.5 Å². The summed E-state index contributed by atoms with van der Waals surface area (Å²) >= 11 is 0. The van der Waals surface area contributed by atoms with Crippen molar-refractivity contribution < 1.29 is 9.59 Å². The van der Waals surface area contributed by atoms with Crippen molar-refractivity contribution in [2.45, 2.75) is 46.1 Å². The number of hydrogen-bond donors (Lipinski definition) is 2. The number of piperidine rings is 1. The van der Waals surface area contributed by atoms with Crippen LogP contribution in [0.2, 0.25) is 0 Å². The predicted octanol–water partition coefficient (Wildman–Crippen LogP) is 0.910. The molecule has 0 aromatic heterocycles. The lowest BCUT2D eigenvalue weighted by Crippen LogP contribution is -2.46. The molecule has 0 spiro atoms. The summed E-state index contributed by atoms with van der Waals surface area (Å²) in [5.41, 5.74) is 5.73. The highest BCUT2D eigenvalue weighted by Gasteiger charge is 2.21. The molecular weight excluding hydrogens is 266 g/mol. The summed E-state index contributed by atoms with van der Waals surface area (Å²) < 4.78 is 0. The zero-order valence-electron chi connectivity index (χ0n) is 12.1. The second kappa shape index (κ2) is 7.70. The standard InChI is InChI=1S/C13H25N3O2.ClH/c1-13(2,3)8-11(17)15-9-12(18)16-6-4-10(14)5-7-16;/h10H,4-9,14H2,1-3H3,(H,15,17);1H. The lowest BCUT2D eigenvalue weighted by Gasteiger charge is -2.30. The topological polar surface area (TPSA) is 75.4 Å². The molecule has 1 saturated heterocycles. The number of amides is 2. The number of nitrogens with two attached hydrogens (primary N) is 1. The minimum absolute atomic E-state index is 0. The summed E-state index contributed by atoms with van der Waals surface area (Å²) in [6.07, 6.45) is 2.13. The zero-order valence-corrected chi connectivity index (χ0v) is 12.9. The van der Waals surface area contributed by atoms with Gasteiger partial charge in [-0.25, -0.2) is 0 Å². The molecule has 5 nitrogen and oxygen atoms in total. The van der Waals surface area contributed by atoms with Crippen molar-refractivity contribution in [2.24, 2.45) is 11.1 Å². The van der Waals surface area contributed by atoms with Gasteiger partial charge in [0.1, 0.15) is 0 Å². The molecule has 6 heteroatoms. The van der Waals surface area contributed by atoms with Gasteiger partial charge in [0.25, 0.3) is 0 Å². The van der Waals surface area contributed by atoms with Crippen LogP contribution in [0.5, 0.6) is 0 Å². The smallest absolute Gasteiger partial charge is 0.241 e. The number of hydrogen-bond acceptors (Lipinski definition) is 3. The third kappa shape index (κ3) is 7.38. The van der Waals surface area contributed by atoms with Crippen LogP contribution in [0.25, 0.3) is 0 Å². The summed E-state index contributed by atoms with van der Waals surface area (Å²) in [7, 11) is 0. The highest BCUT2D eigenvalue weighted by Crippen LogP contribution is 2.17. The lowest BCUT2D eigenvalue weighted by molar-refractivity contribution is -0.134. The maximum Gasteiger partial charge on any atom is 0.241 e. The first-order chi connectivity index (χ1) is 8.28. The number of carbonyl (C=O) groups is 2. The SMILES string of the molecule is CC(C)(C)CC(=O)NCC(=O)N1CCC(N)CC1.Cl. The highest BCUT2D eigenvalue weighted by molar-refractivity contribution is 5.85. The van der Waals surface area contributed by atoms with E-state index in [4.69, 9.17) is 5.73 Å². The zero-order chi connectivity index (χ0) is 13.8. The molecule has 1 aliphatic rings. The Kier molecular flexibility index (Phi) is 7.37. The van der Waals surface area contributed by atoms with Gasteiger partial charge in [0.15, 0.2) is 0 Å². The fourth-order valence-electron chi connectivity index (χ4n) is 1.98. The van der Waals surface area contributed by atoms with Crippen molar-refractivity contribution in [3.63, 3.8) is 0 Å². The van der Waals surface area contributed by atoms with E-state index < -0.39 is 0 Å². The van der Waals surface area contributed by atoms with E-state index in [9.17, 15) is 9.59 Å². The van der Waals surface area contributed by atoms with Crippen LogP contribution < -0.4 is 11.1 Å². The Bertz CT molecular complexity index is 308. The van der Waals surface area contributed by atoms with E-state index >= 15 is 0 Å². The molecular formula is C13H26ClN3O2. The summed E-state index contributed by atoms with van der Waals surface area (Å²) in [6, 6.07) is 0.213. The molecule has 1 fully saturated rings. The van der Waals surface area contributed by atoms with Gasteiger partial charge >= 0.3 is 0 Å². The van der Waals surface area contributed by atoms with Crippen LogP contribution in [0.4, 0.5) is 0 Å². The number of rotatable bonds is 3. The maximum atomic E-state index is 11.8. The Balaban J connectivity index is 0.00000324. The normalized spacial score (nSPS) is 16.7. The molecule has 19 heavy (non-hydrogen) atoms. The van der Waals surface area contributed by atoms with Gasteiger partial charge in [-0.1, -0.05) is 20.8 Å². The average Bonchev–Trinajstić information content (AvgIpc) is 2.24. The molecule has 0 unspecified atom stereocenters. The van der Waals surface area contributed by atoms with E-state index in [1.165, 1.54) is 0 Å².